The van der Waals surface area contributed by atoms with E-state index >= 15 is 0 Å². The number of rotatable bonds is 5. The second-order valence-corrected chi connectivity index (χ2v) is 12.3. The fourth-order valence-corrected chi connectivity index (χ4v) is 8.10. The Hall–Kier alpha value is -2.41. The first-order valence-electron chi connectivity index (χ1n) is 15.2. The largest absolute Gasteiger partial charge is 0.469 e. The Morgan fingerprint density at radius 2 is 1.53 bits per heavy atom. The van der Waals surface area contributed by atoms with Crippen LogP contribution in [-0.2, 0) is 9.53 Å². The number of hydrogen-bond donors (Lipinski definition) is 0. The molecular weight excluding hydrogens is 476 g/mol. The van der Waals surface area contributed by atoms with Crippen molar-refractivity contribution in [2.24, 2.45) is 5.92 Å². The van der Waals surface area contributed by atoms with E-state index in [4.69, 9.17) is 9.72 Å². The number of benzene rings is 1. The van der Waals surface area contributed by atoms with Gasteiger partial charge < -0.3 is 14.2 Å². The maximum absolute atomic E-state index is 14.2. The van der Waals surface area contributed by atoms with Crippen molar-refractivity contribution in [2.75, 3.05) is 25.1 Å². The number of fused-ring (bicyclic) bond motifs is 3. The van der Waals surface area contributed by atoms with Gasteiger partial charge in [-0.15, -0.1) is 0 Å². The molecular formula is C31H44N4O3. The van der Waals surface area contributed by atoms with E-state index in [9.17, 15) is 9.59 Å². The van der Waals surface area contributed by atoms with Crippen molar-refractivity contribution in [1.82, 2.24) is 14.5 Å². The Kier molecular flexibility index (Phi) is 7.73. The second-order valence-electron chi connectivity index (χ2n) is 12.3. The molecule has 38 heavy (non-hydrogen) atoms. The average Bonchev–Trinajstić information content (AvgIpc) is 3.17. The molecule has 1 saturated carbocycles. The van der Waals surface area contributed by atoms with E-state index in [1.165, 1.54) is 64.9 Å². The van der Waals surface area contributed by atoms with Crippen LogP contribution in [-0.4, -0.2) is 58.7 Å². The summed E-state index contributed by atoms with van der Waals surface area (Å²) in [5.41, 5.74) is 1.96. The van der Waals surface area contributed by atoms with Gasteiger partial charge in [-0.1, -0.05) is 44.2 Å². The van der Waals surface area contributed by atoms with Crippen LogP contribution in [0.3, 0.4) is 0 Å². The summed E-state index contributed by atoms with van der Waals surface area (Å²) in [5.74, 6) is 0.764. The molecule has 0 amide bonds. The monoisotopic (exact) mass is 520 g/mol. The molecule has 1 aromatic carbocycles. The molecule has 0 N–H and O–H groups in total. The van der Waals surface area contributed by atoms with Crippen molar-refractivity contribution in [3.8, 4) is 0 Å². The van der Waals surface area contributed by atoms with Crippen molar-refractivity contribution in [3.05, 3.63) is 34.6 Å². The zero-order valence-corrected chi connectivity index (χ0v) is 23.0. The zero-order chi connectivity index (χ0) is 26.1. The highest BCUT2D eigenvalue weighted by Gasteiger charge is 2.44. The third-order valence-corrected chi connectivity index (χ3v) is 10.0. The molecule has 3 aliphatic heterocycles. The molecule has 206 valence electrons. The quantitative estimate of drug-likeness (QED) is 0.488. The van der Waals surface area contributed by atoms with Crippen LogP contribution in [0.25, 0.3) is 11.0 Å². The number of ether oxygens (including phenoxy) is 1. The van der Waals surface area contributed by atoms with Gasteiger partial charge in [0.05, 0.1) is 18.1 Å². The van der Waals surface area contributed by atoms with E-state index in [-0.39, 0.29) is 17.6 Å². The number of aromatic nitrogens is 2. The molecule has 1 aliphatic carbocycles. The number of anilines is 1. The van der Waals surface area contributed by atoms with Crippen LogP contribution in [0.15, 0.2) is 29.1 Å². The molecule has 2 aromatic rings. The molecule has 6 rings (SSSR count). The van der Waals surface area contributed by atoms with Gasteiger partial charge in [-0.2, -0.15) is 0 Å². The van der Waals surface area contributed by atoms with Crippen molar-refractivity contribution < 1.29 is 9.53 Å². The lowest BCUT2D eigenvalue weighted by atomic mass is 9.89. The fraction of sp³-hybridized carbons (Fsp3) is 0.710. The third-order valence-electron chi connectivity index (χ3n) is 10.0. The molecule has 2 unspecified atom stereocenters. The minimum absolute atomic E-state index is 0.0684. The number of carbonyl (C=O) groups excluding carboxylic acids is 1. The number of piperidine rings is 2. The molecule has 4 aliphatic rings. The highest BCUT2D eigenvalue weighted by molar-refractivity contribution is 5.76. The predicted octanol–water partition coefficient (Wildman–Crippen LogP) is 5.46. The summed E-state index contributed by atoms with van der Waals surface area (Å²) in [6, 6.07) is 10.4. The van der Waals surface area contributed by atoms with Crippen molar-refractivity contribution in [3.63, 3.8) is 0 Å². The summed E-state index contributed by atoms with van der Waals surface area (Å²) < 4.78 is 7.00. The van der Waals surface area contributed by atoms with E-state index in [1.807, 2.05) is 12.1 Å². The summed E-state index contributed by atoms with van der Waals surface area (Å²) in [6.07, 6.45) is 16.6. The van der Waals surface area contributed by atoms with E-state index in [0.717, 1.165) is 55.8 Å². The summed E-state index contributed by atoms with van der Waals surface area (Å²) in [6.45, 7) is 1.52. The Bertz CT molecular complexity index is 1170. The molecule has 2 atom stereocenters. The summed E-state index contributed by atoms with van der Waals surface area (Å²) in [7, 11) is 1.45. The lowest BCUT2D eigenvalue weighted by molar-refractivity contribution is -0.141. The number of methoxy groups -OCH3 is 1. The maximum Gasteiger partial charge on any atom is 0.305 e. The van der Waals surface area contributed by atoms with Crippen molar-refractivity contribution >= 4 is 22.8 Å². The molecule has 4 heterocycles. The number of nitrogens with zero attached hydrogens (tertiary/aromatic N) is 4. The highest BCUT2D eigenvalue weighted by atomic mass is 16.5. The molecule has 0 radical (unpaired) electrons. The van der Waals surface area contributed by atoms with Gasteiger partial charge in [0.25, 0.3) is 5.56 Å². The topological polar surface area (TPSA) is 67.7 Å². The van der Waals surface area contributed by atoms with Crippen LogP contribution in [0.5, 0.6) is 0 Å². The van der Waals surface area contributed by atoms with Gasteiger partial charge in [0.15, 0.2) is 5.82 Å². The first-order valence-corrected chi connectivity index (χ1v) is 15.2. The fourth-order valence-electron chi connectivity index (χ4n) is 8.10. The Balaban J connectivity index is 1.25. The minimum Gasteiger partial charge on any atom is -0.469 e. The van der Waals surface area contributed by atoms with Gasteiger partial charge in [0.2, 0.25) is 0 Å². The average molecular weight is 521 g/mol. The van der Waals surface area contributed by atoms with E-state index in [0.29, 0.717) is 30.2 Å². The van der Waals surface area contributed by atoms with Gasteiger partial charge >= 0.3 is 5.97 Å². The SMILES string of the molecule is COC(=O)CC1CCN(c2nc3ccccc3n(C3CC4CCC(C3)N4C3CCCCCCC3)c2=O)CC1. The van der Waals surface area contributed by atoms with Crippen LogP contribution in [0.1, 0.15) is 95.9 Å². The van der Waals surface area contributed by atoms with Crippen LogP contribution in [0.2, 0.25) is 0 Å². The molecule has 1 aromatic heterocycles. The number of esters is 1. The van der Waals surface area contributed by atoms with Gasteiger partial charge in [-0.05, 0) is 69.4 Å². The number of hydrogen-bond acceptors (Lipinski definition) is 6. The first kappa shape index (κ1) is 25.8. The summed E-state index contributed by atoms with van der Waals surface area (Å²) in [5, 5.41) is 0. The maximum atomic E-state index is 14.2. The van der Waals surface area contributed by atoms with Crippen LogP contribution in [0, 0.1) is 5.92 Å². The van der Waals surface area contributed by atoms with E-state index in [1.54, 1.807) is 0 Å². The smallest absolute Gasteiger partial charge is 0.305 e. The van der Waals surface area contributed by atoms with E-state index in [2.05, 4.69) is 26.5 Å². The zero-order valence-electron chi connectivity index (χ0n) is 23.0. The van der Waals surface area contributed by atoms with Gasteiger partial charge in [-0.25, -0.2) is 4.98 Å². The lowest BCUT2D eigenvalue weighted by Gasteiger charge is -2.45. The minimum atomic E-state index is -0.144. The summed E-state index contributed by atoms with van der Waals surface area (Å²) in [4.78, 5) is 35.9. The first-order chi connectivity index (χ1) is 18.6. The van der Waals surface area contributed by atoms with Gasteiger partial charge in [-0.3, -0.25) is 14.5 Å². The number of para-hydroxylation sites is 2. The van der Waals surface area contributed by atoms with Gasteiger partial charge in [0.1, 0.15) is 0 Å². The third kappa shape index (κ3) is 5.11. The van der Waals surface area contributed by atoms with Crippen molar-refractivity contribution in [2.45, 2.75) is 114 Å². The normalized spacial score (nSPS) is 27.8. The molecule has 7 heteroatoms. The standard InChI is InChI=1S/C31H44N4O3/c1-38-29(36)19-22-15-17-33(18-16-22)30-31(37)35(28-12-8-7-11-27(28)32-30)26-20-24-13-14-25(21-26)34(24)23-9-5-3-2-4-6-10-23/h7-8,11-12,22-26H,2-6,9-10,13-21H2,1H3. The molecule has 7 nitrogen and oxygen atoms in total. The number of carbonyl (C=O) groups is 1. The Morgan fingerprint density at radius 1 is 0.868 bits per heavy atom. The highest BCUT2D eigenvalue weighted by Crippen LogP contribution is 2.44. The van der Waals surface area contributed by atoms with Crippen LogP contribution >= 0.6 is 0 Å². The molecule has 3 saturated heterocycles. The molecule has 0 spiro atoms. The molecule has 4 fully saturated rings. The Morgan fingerprint density at radius 3 is 2.21 bits per heavy atom. The lowest BCUT2D eigenvalue weighted by Crippen LogP contribution is -2.50. The summed E-state index contributed by atoms with van der Waals surface area (Å²) >= 11 is 0. The van der Waals surface area contributed by atoms with Crippen molar-refractivity contribution in [1.29, 1.82) is 0 Å². The van der Waals surface area contributed by atoms with Gasteiger partial charge in [0, 0.05) is 43.7 Å². The van der Waals surface area contributed by atoms with Crippen LogP contribution in [0.4, 0.5) is 5.82 Å². The Labute approximate surface area is 226 Å². The van der Waals surface area contributed by atoms with E-state index < -0.39 is 0 Å². The second kappa shape index (κ2) is 11.4. The predicted molar refractivity (Wildman–Crippen MR) is 151 cm³/mol. The van der Waals surface area contributed by atoms with Crippen LogP contribution < -0.4 is 10.5 Å². The molecule has 2 bridgehead atoms.